The number of aromatic nitrogens is 3. The minimum atomic E-state index is -0.212. The molecule has 124 valence electrons. The molecule has 6 heteroatoms. The molecule has 1 atom stereocenters. The van der Waals surface area contributed by atoms with Crippen LogP contribution < -0.4 is 5.32 Å². The minimum Gasteiger partial charge on any atom is -0.332 e. The molecule has 2 N–H and O–H groups in total. The van der Waals surface area contributed by atoms with Gasteiger partial charge in [0.15, 0.2) is 10.8 Å². The number of amides is 1. The second-order valence-corrected chi connectivity index (χ2v) is 6.66. The number of aryl methyl sites for hydroxylation is 1. The van der Waals surface area contributed by atoms with Gasteiger partial charge in [-0.1, -0.05) is 37.7 Å². The van der Waals surface area contributed by atoms with E-state index in [-0.39, 0.29) is 11.2 Å². The maximum absolute atomic E-state index is 12.5. The first-order valence-corrected chi connectivity index (χ1v) is 8.94. The Hall–Kier alpha value is -2.34. The van der Waals surface area contributed by atoms with Crippen LogP contribution in [0.1, 0.15) is 25.8 Å². The molecule has 1 aromatic carbocycles. The number of carbonyl (C=O) groups is 1. The van der Waals surface area contributed by atoms with E-state index < -0.39 is 0 Å². The molecule has 5 nitrogen and oxygen atoms in total. The molecule has 0 aliphatic heterocycles. The molecule has 0 fully saturated rings. The van der Waals surface area contributed by atoms with Crippen molar-refractivity contribution in [1.29, 1.82) is 0 Å². The molecule has 3 rings (SSSR count). The van der Waals surface area contributed by atoms with Crippen molar-refractivity contribution >= 4 is 34.5 Å². The zero-order valence-corrected chi connectivity index (χ0v) is 14.6. The van der Waals surface area contributed by atoms with Crippen LogP contribution in [0.2, 0.25) is 0 Å². The Morgan fingerprint density at radius 1 is 1.25 bits per heavy atom. The summed E-state index contributed by atoms with van der Waals surface area (Å²) in [5.41, 5.74) is 3.63. The molecule has 0 radical (unpaired) electrons. The third-order valence-electron chi connectivity index (χ3n) is 3.78. The summed E-state index contributed by atoms with van der Waals surface area (Å²) in [6.45, 7) is 4.11. The van der Waals surface area contributed by atoms with E-state index in [4.69, 9.17) is 0 Å². The van der Waals surface area contributed by atoms with Gasteiger partial charge in [0.05, 0.1) is 10.8 Å². The fraction of sp³-hybridized carbons (Fsp3) is 0.278. The van der Waals surface area contributed by atoms with Gasteiger partial charge in [0.25, 0.3) is 0 Å². The van der Waals surface area contributed by atoms with Crippen LogP contribution in [-0.2, 0) is 11.2 Å². The van der Waals surface area contributed by atoms with Gasteiger partial charge in [-0.2, -0.15) is 0 Å². The molecular weight excluding hydrogens is 320 g/mol. The van der Waals surface area contributed by atoms with E-state index in [1.807, 2.05) is 43.3 Å². The summed E-state index contributed by atoms with van der Waals surface area (Å²) in [4.78, 5) is 24.4. The summed E-state index contributed by atoms with van der Waals surface area (Å²) < 4.78 is 0. The highest BCUT2D eigenvalue weighted by atomic mass is 32.2. The van der Waals surface area contributed by atoms with Crippen LogP contribution in [0.15, 0.2) is 47.8 Å². The van der Waals surface area contributed by atoms with E-state index in [9.17, 15) is 4.79 Å². The summed E-state index contributed by atoms with van der Waals surface area (Å²) in [6.07, 6.45) is 3.41. The van der Waals surface area contributed by atoms with Gasteiger partial charge in [-0.05, 0) is 42.7 Å². The summed E-state index contributed by atoms with van der Waals surface area (Å²) in [5.74, 6) is -0.0137. The monoisotopic (exact) mass is 340 g/mol. The molecule has 0 aliphatic carbocycles. The van der Waals surface area contributed by atoms with Gasteiger partial charge in [-0.3, -0.25) is 4.79 Å². The lowest BCUT2D eigenvalue weighted by Gasteiger charge is -2.13. The molecule has 0 aliphatic rings. The largest absolute Gasteiger partial charge is 0.332 e. The maximum atomic E-state index is 12.5. The predicted molar refractivity (Wildman–Crippen MR) is 98.3 cm³/mol. The van der Waals surface area contributed by atoms with Crippen molar-refractivity contribution < 1.29 is 4.79 Å². The van der Waals surface area contributed by atoms with Gasteiger partial charge in [0, 0.05) is 11.9 Å². The minimum absolute atomic E-state index is 0.0137. The third-order valence-corrected chi connectivity index (χ3v) is 5.03. The van der Waals surface area contributed by atoms with E-state index >= 15 is 0 Å². The molecule has 24 heavy (non-hydrogen) atoms. The highest BCUT2D eigenvalue weighted by Crippen LogP contribution is 2.25. The number of pyridine rings is 1. The van der Waals surface area contributed by atoms with Crippen LogP contribution in [0.3, 0.4) is 0 Å². The zero-order valence-electron chi connectivity index (χ0n) is 13.7. The zero-order chi connectivity index (χ0) is 16.9. The summed E-state index contributed by atoms with van der Waals surface area (Å²) in [6, 6.07) is 11.7. The van der Waals surface area contributed by atoms with Gasteiger partial charge in [0.2, 0.25) is 5.91 Å². The fourth-order valence-corrected chi connectivity index (χ4v) is 3.29. The number of aromatic amines is 1. The Morgan fingerprint density at radius 2 is 2.04 bits per heavy atom. The molecule has 3 aromatic rings. The van der Waals surface area contributed by atoms with Crippen LogP contribution in [0.5, 0.6) is 0 Å². The Labute approximate surface area is 145 Å². The number of hydrogen-bond acceptors (Lipinski definition) is 4. The number of anilines is 1. The van der Waals surface area contributed by atoms with Crippen LogP contribution in [0.4, 0.5) is 5.69 Å². The van der Waals surface area contributed by atoms with Crippen molar-refractivity contribution in [2.24, 2.45) is 0 Å². The normalized spacial score (nSPS) is 12.2. The lowest BCUT2D eigenvalue weighted by atomic mass is 10.1. The second-order valence-electron chi connectivity index (χ2n) is 5.47. The predicted octanol–water partition coefficient (Wildman–Crippen LogP) is 4.03. The Bertz CT molecular complexity index is 795. The Kier molecular flexibility index (Phi) is 5.15. The number of carbonyl (C=O) groups excluding carboxylic acids is 1. The van der Waals surface area contributed by atoms with Gasteiger partial charge in [-0.25, -0.2) is 9.97 Å². The Balaban J connectivity index is 1.69. The number of hydrogen-bond donors (Lipinski definition) is 2. The number of H-pyrrole nitrogens is 1. The van der Waals surface area contributed by atoms with Crippen LogP contribution in [0, 0.1) is 0 Å². The van der Waals surface area contributed by atoms with Crippen molar-refractivity contribution in [3.05, 3.63) is 48.2 Å². The van der Waals surface area contributed by atoms with Gasteiger partial charge < -0.3 is 10.3 Å². The molecule has 0 spiro atoms. The van der Waals surface area contributed by atoms with Crippen molar-refractivity contribution in [2.75, 3.05) is 5.32 Å². The standard InChI is InChI=1S/C18H20N4OS/c1-3-12-7-9-13(10-8-12)20-17(23)15(4-2)24-18-21-14-6-5-11-19-16(14)22-18/h5-11,15H,3-4H2,1-2H3,(H,20,23)(H,19,21,22)/t15-/m1/s1. The summed E-state index contributed by atoms with van der Waals surface area (Å²) >= 11 is 1.43. The van der Waals surface area contributed by atoms with Gasteiger partial charge in [-0.15, -0.1) is 0 Å². The number of fused-ring (bicyclic) bond motifs is 1. The van der Waals surface area contributed by atoms with Crippen molar-refractivity contribution in [1.82, 2.24) is 15.0 Å². The third kappa shape index (κ3) is 3.76. The fourth-order valence-electron chi connectivity index (χ4n) is 2.38. The molecule has 2 aromatic heterocycles. The number of imidazole rings is 1. The SMILES string of the molecule is CCc1ccc(NC(=O)[C@@H](CC)Sc2nc3ncccc3[nH]2)cc1. The van der Waals surface area contributed by atoms with Crippen LogP contribution in [0.25, 0.3) is 11.2 Å². The molecule has 0 saturated carbocycles. The number of nitrogens with one attached hydrogen (secondary N) is 2. The van der Waals surface area contributed by atoms with E-state index in [1.165, 1.54) is 17.3 Å². The molecule has 1 amide bonds. The van der Waals surface area contributed by atoms with Crippen molar-refractivity contribution in [2.45, 2.75) is 37.1 Å². The lowest BCUT2D eigenvalue weighted by Crippen LogP contribution is -2.24. The van der Waals surface area contributed by atoms with Crippen LogP contribution in [-0.4, -0.2) is 26.1 Å². The average Bonchev–Trinajstić information content (AvgIpc) is 3.02. The van der Waals surface area contributed by atoms with E-state index in [2.05, 4.69) is 27.2 Å². The first-order valence-electron chi connectivity index (χ1n) is 8.06. The van der Waals surface area contributed by atoms with E-state index in [1.54, 1.807) is 6.20 Å². The smallest absolute Gasteiger partial charge is 0.237 e. The first kappa shape index (κ1) is 16.5. The lowest BCUT2D eigenvalue weighted by molar-refractivity contribution is -0.115. The van der Waals surface area contributed by atoms with E-state index in [0.29, 0.717) is 17.2 Å². The summed E-state index contributed by atoms with van der Waals surface area (Å²) in [5, 5.41) is 3.48. The number of rotatable bonds is 6. The molecule has 0 saturated heterocycles. The van der Waals surface area contributed by atoms with Crippen molar-refractivity contribution in [3.63, 3.8) is 0 Å². The second kappa shape index (κ2) is 7.49. The Morgan fingerprint density at radius 3 is 2.71 bits per heavy atom. The molecule has 0 unspecified atom stereocenters. The van der Waals surface area contributed by atoms with Crippen molar-refractivity contribution in [3.8, 4) is 0 Å². The molecule has 2 heterocycles. The number of benzene rings is 1. The highest BCUT2D eigenvalue weighted by molar-refractivity contribution is 8.00. The van der Waals surface area contributed by atoms with Gasteiger partial charge >= 0.3 is 0 Å². The number of nitrogens with zero attached hydrogens (tertiary/aromatic N) is 2. The molecular formula is C18H20N4OS. The van der Waals surface area contributed by atoms with E-state index in [0.717, 1.165) is 17.6 Å². The number of thioether (sulfide) groups is 1. The molecule has 0 bridgehead atoms. The van der Waals surface area contributed by atoms with Crippen LogP contribution >= 0.6 is 11.8 Å². The summed E-state index contributed by atoms with van der Waals surface area (Å²) in [7, 11) is 0. The maximum Gasteiger partial charge on any atom is 0.237 e. The average molecular weight is 340 g/mol. The topological polar surface area (TPSA) is 70.7 Å². The highest BCUT2D eigenvalue weighted by Gasteiger charge is 2.20. The van der Waals surface area contributed by atoms with Gasteiger partial charge in [0.1, 0.15) is 0 Å². The first-order chi connectivity index (χ1) is 11.7. The quantitative estimate of drug-likeness (QED) is 0.665.